The third-order valence-electron chi connectivity index (χ3n) is 13.4. The summed E-state index contributed by atoms with van der Waals surface area (Å²) < 4.78 is 20.7. The summed E-state index contributed by atoms with van der Waals surface area (Å²) in [5.74, 6) is 0.458. The van der Waals surface area contributed by atoms with Crippen molar-refractivity contribution in [1.82, 2.24) is 29.0 Å². The number of methoxy groups -OCH3 is 1. The van der Waals surface area contributed by atoms with Crippen LogP contribution in [0.1, 0.15) is 61.2 Å². The van der Waals surface area contributed by atoms with Crippen molar-refractivity contribution in [2.75, 3.05) is 65.0 Å². The molecule has 2 aromatic heterocycles. The Morgan fingerprint density at radius 3 is 2.38 bits per heavy atom. The van der Waals surface area contributed by atoms with Crippen molar-refractivity contribution >= 4 is 23.4 Å². The van der Waals surface area contributed by atoms with Gasteiger partial charge in [-0.05, 0) is 90.9 Å². The summed E-state index contributed by atoms with van der Waals surface area (Å²) in [6.45, 7) is 11.3. The van der Waals surface area contributed by atoms with E-state index >= 15 is 4.79 Å². The summed E-state index contributed by atoms with van der Waals surface area (Å²) in [5, 5.41) is 7.81. The molecule has 13 nitrogen and oxygen atoms in total. The smallest absolute Gasteiger partial charge is 0.258 e. The van der Waals surface area contributed by atoms with E-state index < -0.39 is 0 Å². The molecule has 0 aliphatic carbocycles. The number of hydrogen-bond acceptors (Lipinski definition) is 8. The lowest BCUT2D eigenvalue weighted by molar-refractivity contribution is -0.131. The molecule has 1 fully saturated rings. The number of nitrogens with one attached hydrogen (secondary N) is 1. The van der Waals surface area contributed by atoms with Gasteiger partial charge in [0.05, 0.1) is 50.2 Å². The van der Waals surface area contributed by atoms with Crippen molar-refractivity contribution in [3.63, 3.8) is 0 Å². The van der Waals surface area contributed by atoms with Gasteiger partial charge in [0, 0.05) is 99.3 Å². The van der Waals surface area contributed by atoms with Gasteiger partial charge in [0.15, 0.2) is 0 Å². The summed E-state index contributed by atoms with van der Waals surface area (Å²) in [6, 6.07) is 29.7. The number of hydrogen-bond donors (Lipinski definition) is 1. The molecular weight excluding hydrogens is 831 g/mol. The Hall–Kier alpha value is -6.54. The maximum atomic E-state index is 15.4. The molecule has 0 radical (unpaired) electrons. The Morgan fingerprint density at radius 2 is 1.61 bits per heavy atom. The lowest BCUT2D eigenvalue weighted by Crippen LogP contribution is -2.43. The molecule has 3 aliphatic rings. The van der Waals surface area contributed by atoms with E-state index in [-0.39, 0.29) is 30.2 Å². The first-order valence-corrected chi connectivity index (χ1v) is 23.1. The first-order valence-electron chi connectivity index (χ1n) is 23.1. The Kier molecular flexibility index (Phi) is 13.5. The normalized spacial score (nSPS) is 16.2. The second kappa shape index (κ2) is 19.9. The fourth-order valence-electron chi connectivity index (χ4n) is 9.60. The second-order valence-corrected chi connectivity index (χ2v) is 17.7. The second-order valence-electron chi connectivity index (χ2n) is 17.7. The number of fused-ring (bicyclic) bond motifs is 2. The van der Waals surface area contributed by atoms with Crippen molar-refractivity contribution in [3.8, 4) is 28.1 Å². The minimum absolute atomic E-state index is 0.0275. The number of carbonyl (C=O) groups is 3. The minimum atomic E-state index is -0.257. The molecule has 4 aromatic carbocycles. The molecule has 0 unspecified atom stereocenters. The molecule has 0 spiro atoms. The quantitative estimate of drug-likeness (QED) is 0.122. The highest BCUT2D eigenvalue weighted by Gasteiger charge is 2.34. The van der Waals surface area contributed by atoms with Crippen LogP contribution in [0.3, 0.4) is 0 Å². The number of amides is 3. The lowest BCUT2D eigenvalue weighted by atomic mass is 9.88. The standard InChI is InChI=1S/C53H59N7O6/c1-36-28-39-10-8-9-11-41(39)35-60(36)53(63)47-31-42-33-58(48(61)29-38-14-16-45(17-15-38)66-27-22-57-20-25-65-26-21-57)19-18-40(42)30-46(47)51-50(43-32-54-59(34-43)23-24-64-4)49(37(2)56(51)3)52(62)55-44-12-6-5-7-13-44/h5-17,30-32,34,36H,18-29,33,35H2,1-4H3,(H,55,62)/t36-/m1/s1. The van der Waals surface area contributed by atoms with Crippen LogP contribution in [0.5, 0.6) is 5.75 Å². The Morgan fingerprint density at radius 1 is 0.848 bits per heavy atom. The molecule has 13 heteroatoms. The SMILES string of the molecule is COCCn1cc(-c2c(C(=O)Nc3ccccc3)c(C)n(C)c2-c2cc3c(cc2C(=O)N2Cc4ccccc4C[C@H]2C)CN(C(=O)Cc2ccc(OCCN4CCOCC4)cc2)CC3)cn1. The van der Waals surface area contributed by atoms with Gasteiger partial charge in [0.25, 0.3) is 11.8 Å². The highest BCUT2D eigenvalue weighted by atomic mass is 16.5. The Bertz CT molecular complexity index is 2700. The van der Waals surface area contributed by atoms with Gasteiger partial charge in [-0.15, -0.1) is 0 Å². The monoisotopic (exact) mass is 889 g/mol. The number of morpholine rings is 1. The summed E-state index contributed by atoms with van der Waals surface area (Å²) >= 11 is 0. The average molecular weight is 890 g/mol. The third kappa shape index (κ3) is 9.55. The van der Waals surface area contributed by atoms with Crippen molar-refractivity contribution in [2.45, 2.75) is 58.8 Å². The van der Waals surface area contributed by atoms with Crippen LogP contribution in [0.25, 0.3) is 22.4 Å². The molecule has 342 valence electrons. The molecular formula is C53H59N7O6. The number of ether oxygens (including phenoxy) is 3. The Labute approximate surface area is 386 Å². The molecule has 1 N–H and O–H groups in total. The van der Waals surface area contributed by atoms with Crippen LogP contribution in [0.4, 0.5) is 5.69 Å². The molecule has 5 heterocycles. The van der Waals surface area contributed by atoms with E-state index in [0.717, 1.165) is 89.8 Å². The number of anilines is 1. The highest BCUT2D eigenvalue weighted by Crippen LogP contribution is 2.43. The molecule has 0 bridgehead atoms. The van der Waals surface area contributed by atoms with Crippen molar-refractivity contribution in [2.24, 2.45) is 7.05 Å². The zero-order valence-corrected chi connectivity index (χ0v) is 38.4. The van der Waals surface area contributed by atoms with Gasteiger partial charge < -0.3 is 33.9 Å². The maximum Gasteiger partial charge on any atom is 0.258 e. The fraction of sp³-hybridized carbons (Fsp3) is 0.358. The Balaban J connectivity index is 1.06. The van der Waals surface area contributed by atoms with Gasteiger partial charge in [-0.3, -0.25) is 24.0 Å². The first kappa shape index (κ1) is 44.7. The zero-order chi connectivity index (χ0) is 45.7. The van der Waals surface area contributed by atoms with Crippen LogP contribution in [0.15, 0.2) is 103 Å². The minimum Gasteiger partial charge on any atom is -0.492 e. The summed E-state index contributed by atoms with van der Waals surface area (Å²) in [6.07, 6.45) is 5.34. The number of nitrogens with zero attached hydrogens (tertiary/aromatic N) is 6. The van der Waals surface area contributed by atoms with Crippen LogP contribution < -0.4 is 10.1 Å². The van der Waals surface area contributed by atoms with Gasteiger partial charge in [0.1, 0.15) is 12.4 Å². The van der Waals surface area contributed by atoms with Crippen LogP contribution in [-0.2, 0) is 60.2 Å². The van der Waals surface area contributed by atoms with E-state index in [1.807, 2.05) is 106 Å². The summed E-state index contributed by atoms with van der Waals surface area (Å²) in [7, 11) is 3.62. The number of carbonyl (C=O) groups excluding carboxylic acids is 3. The number of rotatable bonds is 14. The molecule has 1 saturated heterocycles. The van der Waals surface area contributed by atoms with Crippen LogP contribution in [0, 0.1) is 6.92 Å². The van der Waals surface area contributed by atoms with Gasteiger partial charge in [0.2, 0.25) is 5.91 Å². The van der Waals surface area contributed by atoms with Gasteiger partial charge in [-0.1, -0.05) is 54.6 Å². The zero-order valence-electron chi connectivity index (χ0n) is 38.4. The van der Waals surface area contributed by atoms with E-state index in [9.17, 15) is 9.59 Å². The molecule has 9 rings (SSSR count). The summed E-state index contributed by atoms with van der Waals surface area (Å²) in [4.78, 5) is 50.1. The highest BCUT2D eigenvalue weighted by molar-refractivity contribution is 6.13. The molecule has 6 aromatic rings. The van der Waals surface area contributed by atoms with Crippen LogP contribution in [-0.4, -0.2) is 113 Å². The fourth-order valence-corrected chi connectivity index (χ4v) is 9.60. The molecule has 0 saturated carbocycles. The number of benzene rings is 4. The van der Waals surface area contributed by atoms with Gasteiger partial charge in [-0.2, -0.15) is 5.10 Å². The third-order valence-corrected chi connectivity index (χ3v) is 13.4. The van der Waals surface area contributed by atoms with E-state index in [2.05, 4.69) is 46.5 Å². The number of aromatic nitrogens is 3. The largest absolute Gasteiger partial charge is 0.492 e. The van der Waals surface area contributed by atoms with Crippen molar-refractivity contribution < 1.29 is 28.6 Å². The predicted molar refractivity (Wildman–Crippen MR) is 255 cm³/mol. The van der Waals surface area contributed by atoms with Crippen molar-refractivity contribution in [1.29, 1.82) is 0 Å². The van der Waals surface area contributed by atoms with Gasteiger partial charge >= 0.3 is 0 Å². The van der Waals surface area contributed by atoms with Crippen molar-refractivity contribution in [3.05, 3.63) is 148 Å². The first-order chi connectivity index (χ1) is 32.1. The average Bonchev–Trinajstić information content (AvgIpc) is 3.92. The molecule has 1 atom stereocenters. The van der Waals surface area contributed by atoms with Crippen LogP contribution >= 0.6 is 0 Å². The molecule has 3 aliphatic heterocycles. The van der Waals surface area contributed by atoms with E-state index in [4.69, 9.17) is 14.2 Å². The van der Waals surface area contributed by atoms with E-state index in [1.165, 1.54) is 5.56 Å². The van der Waals surface area contributed by atoms with Gasteiger partial charge in [-0.25, -0.2) is 0 Å². The topological polar surface area (TPSA) is 123 Å². The predicted octanol–water partition coefficient (Wildman–Crippen LogP) is 7.19. The molecule has 3 amide bonds. The lowest BCUT2D eigenvalue weighted by Gasteiger charge is -2.36. The summed E-state index contributed by atoms with van der Waals surface area (Å²) in [5.41, 5.74) is 10.7. The molecule has 66 heavy (non-hydrogen) atoms. The van der Waals surface area contributed by atoms with E-state index in [0.29, 0.717) is 68.2 Å². The van der Waals surface area contributed by atoms with Crippen LogP contribution in [0.2, 0.25) is 0 Å². The van der Waals surface area contributed by atoms with E-state index in [1.54, 1.807) is 13.3 Å². The number of para-hydroxylation sites is 1. The maximum absolute atomic E-state index is 15.4.